The molecule has 0 aliphatic carbocycles. The van der Waals surface area contributed by atoms with Crippen LogP contribution in [0.2, 0.25) is 0 Å². The molecule has 1 saturated heterocycles. The lowest BCUT2D eigenvalue weighted by Crippen LogP contribution is -2.60. The predicted molar refractivity (Wildman–Crippen MR) is 110 cm³/mol. The average molecular weight is 373 g/mol. The largest absolute Gasteiger partial charge is 0.386 e. The second kappa shape index (κ2) is 6.77. The Labute approximate surface area is 164 Å². The Balaban J connectivity index is 1.65. The molecule has 0 saturated carbocycles. The normalized spacial score (nSPS) is 15.2. The smallest absolute Gasteiger partial charge is 0.156 e. The lowest BCUT2D eigenvalue weighted by Gasteiger charge is -2.45. The summed E-state index contributed by atoms with van der Waals surface area (Å²) in [5.74, 6) is 0.719. The first-order chi connectivity index (χ1) is 13.4. The van der Waals surface area contributed by atoms with Gasteiger partial charge in [-0.3, -0.25) is 0 Å². The van der Waals surface area contributed by atoms with Crippen molar-refractivity contribution < 1.29 is 5.11 Å². The van der Waals surface area contributed by atoms with Crippen molar-refractivity contribution in [2.24, 2.45) is 0 Å². The van der Waals surface area contributed by atoms with Crippen LogP contribution >= 0.6 is 0 Å². The quantitative estimate of drug-likeness (QED) is 0.730. The van der Waals surface area contributed by atoms with Crippen LogP contribution in [0.4, 0.5) is 11.5 Å². The molecule has 2 aromatic carbocycles. The third kappa shape index (κ3) is 3.25. The molecule has 0 radical (unpaired) electrons. The molecule has 0 amide bonds. The summed E-state index contributed by atoms with van der Waals surface area (Å²) in [5, 5.41) is 33.4. The number of aliphatic hydroxyl groups is 1. The first kappa shape index (κ1) is 18.2. The van der Waals surface area contributed by atoms with Crippen LogP contribution in [0, 0.1) is 25.2 Å². The summed E-state index contributed by atoms with van der Waals surface area (Å²) in [4.78, 5) is 2.15. The lowest BCUT2D eigenvalue weighted by molar-refractivity contribution is 0.0310. The molecule has 0 spiro atoms. The number of hydrogen-bond acceptors (Lipinski definition) is 6. The maximum atomic E-state index is 10.0. The molecule has 3 aromatic rings. The maximum absolute atomic E-state index is 10.0. The van der Waals surface area contributed by atoms with E-state index < -0.39 is 5.60 Å². The molecule has 142 valence electrons. The number of rotatable bonds is 4. The highest BCUT2D eigenvalue weighted by Crippen LogP contribution is 2.32. The Morgan fingerprint density at radius 1 is 1.18 bits per heavy atom. The van der Waals surface area contributed by atoms with Crippen molar-refractivity contribution in [1.29, 1.82) is 5.26 Å². The number of nitrogens with one attached hydrogen (secondary N) is 1. The molecule has 0 unspecified atom stereocenters. The summed E-state index contributed by atoms with van der Waals surface area (Å²) in [5.41, 5.74) is 4.05. The minimum Gasteiger partial charge on any atom is -0.386 e. The molecular formula is C22H23N5O. The van der Waals surface area contributed by atoms with Crippen molar-refractivity contribution in [3.05, 3.63) is 58.8 Å². The van der Waals surface area contributed by atoms with Gasteiger partial charge in [-0.15, -0.1) is 5.10 Å². The van der Waals surface area contributed by atoms with Gasteiger partial charge >= 0.3 is 0 Å². The average Bonchev–Trinajstić information content (AvgIpc) is 2.66. The molecular weight excluding hydrogens is 350 g/mol. The number of β-amino-alcohol motifs (C(OH)–C–C–N with tert-alkyl or cyclic N) is 1. The minimum atomic E-state index is -0.619. The van der Waals surface area contributed by atoms with Gasteiger partial charge in [-0.2, -0.15) is 10.4 Å². The molecule has 0 bridgehead atoms. The van der Waals surface area contributed by atoms with Gasteiger partial charge in [0.15, 0.2) is 5.82 Å². The summed E-state index contributed by atoms with van der Waals surface area (Å²) in [6, 6.07) is 14.2. The fourth-order valence-corrected chi connectivity index (χ4v) is 3.74. The van der Waals surface area contributed by atoms with Gasteiger partial charge in [0.25, 0.3) is 0 Å². The number of anilines is 2. The van der Waals surface area contributed by atoms with Crippen molar-refractivity contribution >= 4 is 22.3 Å². The van der Waals surface area contributed by atoms with E-state index in [0.29, 0.717) is 25.2 Å². The van der Waals surface area contributed by atoms with Gasteiger partial charge in [0.2, 0.25) is 0 Å². The minimum absolute atomic E-state index is 0.566. The molecule has 1 aromatic heterocycles. The highest BCUT2D eigenvalue weighted by molar-refractivity contribution is 5.95. The van der Waals surface area contributed by atoms with Crippen molar-refractivity contribution in [3.8, 4) is 6.07 Å². The molecule has 2 N–H and O–H groups in total. The van der Waals surface area contributed by atoms with Gasteiger partial charge in [-0.05, 0) is 50.1 Å². The summed E-state index contributed by atoms with van der Waals surface area (Å²) in [6.07, 6.45) is 0. The third-order valence-electron chi connectivity index (χ3n) is 5.39. The molecule has 6 heteroatoms. The predicted octanol–water partition coefficient (Wildman–Crippen LogP) is 3.30. The van der Waals surface area contributed by atoms with Crippen LogP contribution in [-0.4, -0.2) is 34.0 Å². The van der Waals surface area contributed by atoms with Crippen molar-refractivity contribution in [3.63, 3.8) is 0 Å². The zero-order valence-corrected chi connectivity index (χ0v) is 16.3. The second-order valence-electron chi connectivity index (χ2n) is 7.77. The lowest BCUT2D eigenvalue weighted by atomic mass is 9.95. The molecule has 6 nitrogen and oxygen atoms in total. The van der Waals surface area contributed by atoms with Crippen LogP contribution in [0.1, 0.15) is 29.3 Å². The van der Waals surface area contributed by atoms with Gasteiger partial charge in [-0.1, -0.05) is 18.2 Å². The second-order valence-corrected chi connectivity index (χ2v) is 7.77. The first-order valence-corrected chi connectivity index (χ1v) is 9.35. The molecule has 28 heavy (non-hydrogen) atoms. The molecule has 0 atom stereocenters. The van der Waals surface area contributed by atoms with Crippen LogP contribution in [0.5, 0.6) is 0 Å². The van der Waals surface area contributed by atoms with Crippen LogP contribution in [0.15, 0.2) is 36.4 Å². The molecule has 4 rings (SSSR count). The van der Waals surface area contributed by atoms with E-state index in [1.807, 2.05) is 39.0 Å². The number of aryl methyl sites for hydroxylation is 1. The van der Waals surface area contributed by atoms with E-state index in [0.717, 1.165) is 39.1 Å². The highest BCUT2D eigenvalue weighted by atomic mass is 16.3. The van der Waals surface area contributed by atoms with Crippen LogP contribution < -0.4 is 10.2 Å². The van der Waals surface area contributed by atoms with Gasteiger partial charge < -0.3 is 15.3 Å². The molecule has 1 aliphatic rings. The van der Waals surface area contributed by atoms with E-state index in [1.165, 1.54) is 0 Å². The Bertz CT molecular complexity index is 1090. The van der Waals surface area contributed by atoms with E-state index in [9.17, 15) is 10.4 Å². The SMILES string of the molecule is Cc1c(C#N)cccc1CNc1nnc(C)c2ccc(N3CC(C)(O)C3)cc12. The van der Waals surface area contributed by atoms with E-state index in [-0.39, 0.29) is 0 Å². The van der Waals surface area contributed by atoms with E-state index in [2.05, 4.69) is 44.7 Å². The summed E-state index contributed by atoms with van der Waals surface area (Å²) in [6.45, 7) is 7.58. The van der Waals surface area contributed by atoms with Gasteiger partial charge in [0, 0.05) is 36.1 Å². The third-order valence-corrected chi connectivity index (χ3v) is 5.39. The Kier molecular flexibility index (Phi) is 4.40. The summed E-state index contributed by atoms with van der Waals surface area (Å²) >= 11 is 0. The Morgan fingerprint density at radius 2 is 1.96 bits per heavy atom. The number of fused-ring (bicyclic) bond motifs is 1. The standard InChI is InChI=1S/C22H23N5O/c1-14-16(10-23)5-4-6-17(14)11-24-21-20-9-18(27-12-22(3,28)13-27)7-8-19(20)15(2)25-26-21/h4-9,28H,11-13H2,1-3H3,(H,24,26). The number of hydrogen-bond donors (Lipinski definition) is 2. The van der Waals surface area contributed by atoms with E-state index in [1.54, 1.807) is 0 Å². The molecule has 2 heterocycles. The van der Waals surface area contributed by atoms with E-state index in [4.69, 9.17) is 0 Å². The van der Waals surface area contributed by atoms with Crippen molar-refractivity contribution in [2.45, 2.75) is 32.9 Å². The van der Waals surface area contributed by atoms with Gasteiger partial charge in [0.05, 0.1) is 22.9 Å². The highest BCUT2D eigenvalue weighted by Gasteiger charge is 2.36. The number of benzene rings is 2. The zero-order valence-electron chi connectivity index (χ0n) is 16.3. The van der Waals surface area contributed by atoms with Crippen molar-refractivity contribution in [2.75, 3.05) is 23.3 Å². The number of nitriles is 1. The summed E-state index contributed by atoms with van der Waals surface area (Å²) in [7, 11) is 0. The topological polar surface area (TPSA) is 85.1 Å². The number of nitrogens with zero attached hydrogens (tertiary/aromatic N) is 4. The van der Waals surface area contributed by atoms with Crippen LogP contribution in [0.3, 0.4) is 0 Å². The van der Waals surface area contributed by atoms with Gasteiger partial charge in [0.1, 0.15) is 0 Å². The zero-order chi connectivity index (χ0) is 19.9. The summed E-state index contributed by atoms with van der Waals surface area (Å²) < 4.78 is 0. The van der Waals surface area contributed by atoms with Gasteiger partial charge in [-0.25, -0.2) is 0 Å². The first-order valence-electron chi connectivity index (χ1n) is 9.35. The van der Waals surface area contributed by atoms with Crippen molar-refractivity contribution in [1.82, 2.24) is 10.2 Å². The van der Waals surface area contributed by atoms with E-state index >= 15 is 0 Å². The van der Waals surface area contributed by atoms with Crippen LogP contribution in [-0.2, 0) is 6.54 Å². The fourth-order valence-electron chi connectivity index (χ4n) is 3.74. The molecule has 1 aliphatic heterocycles. The Hall–Kier alpha value is -3.17. The monoisotopic (exact) mass is 373 g/mol. The maximum Gasteiger partial charge on any atom is 0.156 e. The Morgan fingerprint density at radius 3 is 2.68 bits per heavy atom. The molecule has 1 fully saturated rings. The number of aromatic nitrogens is 2. The fraction of sp³-hybridized carbons (Fsp3) is 0.318. The van der Waals surface area contributed by atoms with Crippen LogP contribution in [0.25, 0.3) is 10.8 Å².